The van der Waals surface area contributed by atoms with Crippen LogP contribution in [0.25, 0.3) is 0 Å². The molecule has 0 radical (unpaired) electrons. The average molecular weight is 316 g/mol. The highest BCUT2D eigenvalue weighted by Gasteiger charge is 2.43. The normalized spacial score (nSPS) is 24.7. The Morgan fingerprint density at radius 1 is 1.33 bits per heavy atom. The predicted octanol–water partition coefficient (Wildman–Crippen LogP) is 3.79. The SMILES string of the molecule is CCCNC1CC(Oc2ccc(Cl)c(F)c2)C1OCCC. The molecule has 0 aliphatic heterocycles. The van der Waals surface area contributed by atoms with Crippen LogP contribution in [0, 0.1) is 5.82 Å². The maximum Gasteiger partial charge on any atom is 0.145 e. The summed E-state index contributed by atoms with van der Waals surface area (Å²) in [6, 6.07) is 4.85. The Bertz CT molecular complexity index is 458. The second kappa shape index (κ2) is 7.97. The summed E-state index contributed by atoms with van der Waals surface area (Å²) >= 11 is 5.68. The van der Waals surface area contributed by atoms with Crippen LogP contribution in [-0.2, 0) is 4.74 Å². The summed E-state index contributed by atoms with van der Waals surface area (Å²) < 4.78 is 25.1. The first-order valence-corrected chi connectivity index (χ1v) is 8.00. The maximum atomic E-state index is 13.4. The Morgan fingerprint density at radius 3 is 2.81 bits per heavy atom. The average Bonchev–Trinajstić information content (AvgIpc) is 2.46. The number of rotatable bonds is 8. The molecule has 1 N–H and O–H groups in total. The van der Waals surface area contributed by atoms with Crippen LogP contribution in [0.15, 0.2) is 18.2 Å². The third-order valence-electron chi connectivity index (χ3n) is 3.60. The van der Waals surface area contributed by atoms with Crippen molar-refractivity contribution in [1.29, 1.82) is 0 Å². The highest BCUT2D eigenvalue weighted by atomic mass is 35.5. The molecule has 118 valence electrons. The number of benzene rings is 1. The highest BCUT2D eigenvalue weighted by Crippen LogP contribution is 2.30. The lowest BCUT2D eigenvalue weighted by molar-refractivity contribution is -0.107. The Kier molecular flexibility index (Phi) is 6.27. The van der Waals surface area contributed by atoms with E-state index in [-0.39, 0.29) is 17.2 Å². The zero-order valence-electron chi connectivity index (χ0n) is 12.6. The van der Waals surface area contributed by atoms with Crippen LogP contribution in [-0.4, -0.2) is 31.4 Å². The predicted molar refractivity (Wildman–Crippen MR) is 82.6 cm³/mol. The molecule has 1 aromatic carbocycles. The minimum atomic E-state index is -0.458. The first kappa shape index (κ1) is 16.5. The standard InChI is InChI=1S/C16H23ClFNO2/c1-3-7-19-14-10-15(16(14)20-8-4-2)21-11-5-6-12(17)13(18)9-11/h5-6,9,14-16,19H,3-4,7-8,10H2,1-2H3. The van der Waals surface area contributed by atoms with E-state index in [0.29, 0.717) is 18.4 Å². The van der Waals surface area contributed by atoms with Crippen LogP contribution < -0.4 is 10.1 Å². The number of hydrogen-bond donors (Lipinski definition) is 1. The molecule has 0 aromatic heterocycles. The molecule has 0 spiro atoms. The van der Waals surface area contributed by atoms with E-state index in [1.807, 2.05) is 0 Å². The molecule has 0 heterocycles. The van der Waals surface area contributed by atoms with E-state index in [0.717, 1.165) is 25.8 Å². The van der Waals surface area contributed by atoms with Gasteiger partial charge < -0.3 is 14.8 Å². The number of halogens is 2. The fourth-order valence-electron chi connectivity index (χ4n) is 2.43. The lowest BCUT2D eigenvalue weighted by Gasteiger charge is -2.44. The third kappa shape index (κ3) is 4.31. The molecule has 5 heteroatoms. The van der Waals surface area contributed by atoms with Gasteiger partial charge in [-0.15, -0.1) is 0 Å². The van der Waals surface area contributed by atoms with Gasteiger partial charge in [0.15, 0.2) is 0 Å². The van der Waals surface area contributed by atoms with E-state index in [2.05, 4.69) is 19.2 Å². The van der Waals surface area contributed by atoms with Crippen molar-refractivity contribution in [1.82, 2.24) is 5.32 Å². The molecule has 0 bridgehead atoms. The van der Waals surface area contributed by atoms with Gasteiger partial charge >= 0.3 is 0 Å². The van der Waals surface area contributed by atoms with Crippen LogP contribution in [0.2, 0.25) is 5.02 Å². The van der Waals surface area contributed by atoms with Gasteiger partial charge in [0, 0.05) is 25.1 Å². The van der Waals surface area contributed by atoms with Gasteiger partial charge in [0.2, 0.25) is 0 Å². The van der Waals surface area contributed by atoms with Crippen LogP contribution >= 0.6 is 11.6 Å². The lowest BCUT2D eigenvalue weighted by Crippen LogP contribution is -2.61. The molecule has 1 fully saturated rings. The lowest BCUT2D eigenvalue weighted by atomic mass is 9.85. The van der Waals surface area contributed by atoms with Gasteiger partial charge in [0.1, 0.15) is 23.8 Å². The van der Waals surface area contributed by atoms with Crippen LogP contribution in [0.5, 0.6) is 5.75 Å². The Labute approximate surface area is 130 Å². The molecule has 1 saturated carbocycles. The fraction of sp³-hybridized carbons (Fsp3) is 0.625. The Hall–Kier alpha value is -0.840. The second-order valence-electron chi connectivity index (χ2n) is 5.36. The van der Waals surface area contributed by atoms with Crippen LogP contribution in [0.4, 0.5) is 4.39 Å². The highest BCUT2D eigenvalue weighted by molar-refractivity contribution is 6.30. The first-order valence-electron chi connectivity index (χ1n) is 7.62. The third-order valence-corrected chi connectivity index (χ3v) is 3.91. The van der Waals surface area contributed by atoms with E-state index in [1.54, 1.807) is 6.07 Å². The van der Waals surface area contributed by atoms with Gasteiger partial charge in [-0.05, 0) is 31.5 Å². The zero-order chi connectivity index (χ0) is 15.2. The molecule has 3 nitrogen and oxygen atoms in total. The Balaban J connectivity index is 1.93. The monoisotopic (exact) mass is 315 g/mol. The van der Waals surface area contributed by atoms with Crippen molar-refractivity contribution in [3.8, 4) is 5.75 Å². The Morgan fingerprint density at radius 2 is 2.14 bits per heavy atom. The quantitative estimate of drug-likeness (QED) is 0.791. The van der Waals surface area contributed by atoms with Crippen molar-refractivity contribution >= 4 is 11.6 Å². The maximum absolute atomic E-state index is 13.4. The molecule has 21 heavy (non-hydrogen) atoms. The van der Waals surface area contributed by atoms with Gasteiger partial charge in [-0.1, -0.05) is 25.4 Å². The minimum absolute atomic E-state index is 0.0234. The van der Waals surface area contributed by atoms with Crippen molar-refractivity contribution in [3.63, 3.8) is 0 Å². The van der Waals surface area contributed by atoms with Gasteiger partial charge in [-0.25, -0.2) is 4.39 Å². The van der Waals surface area contributed by atoms with E-state index in [4.69, 9.17) is 21.1 Å². The number of ether oxygens (including phenoxy) is 2. The summed E-state index contributed by atoms with van der Waals surface area (Å²) in [4.78, 5) is 0. The van der Waals surface area contributed by atoms with Crippen molar-refractivity contribution in [2.45, 2.75) is 51.4 Å². The molecular weight excluding hydrogens is 293 g/mol. The van der Waals surface area contributed by atoms with E-state index in [1.165, 1.54) is 12.1 Å². The molecule has 1 aromatic rings. The smallest absolute Gasteiger partial charge is 0.145 e. The molecule has 0 amide bonds. The van der Waals surface area contributed by atoms with E-state index in [9.17, 15) is 4.39 Å². The van der Waals surface area contributed by atoms with Crippen molar-refractivity contribution < 1.29 is 13.9 Å². The number of nitrogens with one attached hydrogen (secondary N) is 1. The minimum Gasteiger partial charge on any atom is -0.487 e. The van der Waals surface area contributed by atoms with Crippen molar-refractivity contribution in [2.24, 2.45) is 0 Å². The summed E-state index contributed by atoms with van der Waals surface area (Å²) in [6.45, 7) is 5.90. The van der Waals surface area contributed by atoms with Crippen LogP contribution in [0.3, 0.4) is 0 Å². The molecular formula is C16H23ClFNO2. The number of hydrogen-bond acceptors (Lipinski definition) is 3. The second-order valence-corrected chi connectivity index (χ2v) is 5.77. The van der Waals surface area contributed by atoms with Gasteiger partial charge in [-0.3, -0.25) is 0 Å². The topological polar surface area (TPSA) is 30.5 Å². The van der Waals surface area contributed by atoms with Gasteiger partial charge in [-0.2, -0.15) is 0 Å². The molecule has 0 saturated heterocycles. The first-order chi connectivity index (χ1) is 10.2. The summed E-state index contributed by atoms with van der Waals surface area (Å²) in [6.07, 6.45) is 2.92. The molecule has 1 aliphatic rings. The van der Waals surface area contributed by atoms with Crippen molar-refractivity contribution in [3.05, 3.63) is 29.0 Å². The van der Waals surface area contributed by atoms with Gasteiger partial charge in [0.25, 0.3) is 0 Å². The van der Waals surface area contributed by atoms with Gasteiger partial charge in [0.05, 0.1) is 5.02 Å². The fourth-order valence-corrected chi connectivity index (χ4v) is 2.55. The summed E-state index contributed by atoms with van der Waals surface area (Å²) in [7, 11) is 0. The summed E-state index contributed by atoms with van der Waals surface area (Å²) in [5, 5.41) is 3.57. The molecule has 3 unspecified atom stereocenters. The molecule has 3 atom stereocenters. The molecule has 2 rings (SSSR count). The summed E-state index contributed by atoms with van der Waals surface area (Å²) in [5.74, 6) is 0.0427. The van der Waals surface area contributed by atoms with Crippen LogP contribution in [0.1, 0.15) is 33.1 Å². The summed E-state index contributed by atoms with van der Waals surface area (Å²) in [5.41, 5.74) is 0. The molecule has 1 aliphatic carbocycles. The van der Waals surface area contributed by atoms with E-state index >= 15 is 0 Å². The van der Waals surface area contributed by atoms with Crippen molar-refractivity contribution in [2.75, 3.05) is 13.2 Å². The van der Waals surface area contributed by atoms with E-state index < -0.39 is 5.82 Å². The largest absolute Gasteiger partial charge is 0.487 e. The zero-order valence-corrected chi connectivity index (χ0v) is 13.3.